The minimum absolute atomic E-state index is 0.132. The lowest BCUT2D eigenvalue weighted by Gasteiger charge is -2.10. The van der Waals surface area contributed by atoms with E-state index in [0.717, 1.165) is 0 Å². The maximum absolute atomic E-state index is 13.6. The zero-order valence-corrected chi connectivity index (χ0v) is 14.4. The summed E-state index contributed by atoms with van der Waals surface area (Å²) in [6.45, 7) is 4.16. The third-order valence-corrected chi connectivity index (χ3v) is 3.66. The highest BCUT2D eigenvalue weighted by Crippen LogP contribution is 2.17. The third kappa shape index (κ3) is 4.02. The first kappa shape index (κ1) is 17.5. The minimum atomic E-state index is -0.483. The number of carbonyl (C=O) groups excluding carboxylic acids is 1. The molecule has 1 aromatic heterocycles. The van der Waals surface area contributed by atoms with E-state index >= 15 is 0 Å². The van der Waals surface area contributed by atoms with Crippen LogP contribution in [0.4, 0.5) is 10.1 Å². The second kappa shape index (κ2) is 7.73. The molecule has 0 aliphatic carbocycles. The van der Waals surface area contributed by atoms with Crippen molar-refractivity contribution in [1.29, 1.82) is 0 Å². The summed E-state index contributed by atoms with van der Waals surface area (Å²) in [4.78, 5) is 12.2. The van der Waals surface area contributed by atoms with Crippen LogP contribution in [0.2, 0.25) is 0 Å². The number of nitrogens with zero attached hydrogens (tertiary/aromatic N) is 4. The number of tetrazole rings is 1. The van der Waals surface area contributed by atoms with Crippen LogP contribution >= 0.6 is 0 Å². The van der Waals surface area contributed by atoms with Crippen LogP contribution in [0.3, 0.4) is 0 Å². The predicted molar refractivity (Wildman–Crippen MR) is 93.3 cm³/mol. The Hall–Kier alpha value is -3.29. The van der Waals surface area contributed by atoms with Crippen LogP contribution in [-0.4, -0.2) is 26.1 Å². The monoisotopic (exact) mass is 355 g/mol. The molecular weight excluding hydrogens is 337 g/mol. The number of carbonyl (C=O) groups is 1. The van der Waals surface area contributed by atoms with Crippen molar-refractivity contribution in [3.05, 3.63) is 65.7 Å². The van der Waals surface area contributed by atoms with Crippen LogP contribution in [0.25, 0.3) is 0 Å². The van der Waals surface area contributed by atoms with E-state index in [1.807, 2.05) is 13.8 Å². The van der Waals surface area contributed by atoms with Crippen LogP contribution in [0.15, 0.2) is 48.5 Å². The van der Waals surface area contributed by atoms with E-state index in [-0.39, 0.29) is 18.3 Å². The number of aromatic nitrogens is 4. The van der Waals surface area contributed by atoms with Gasteiger partial charge in [0.25, 0.3) is 5.91 Å². The van der Waals surface area contributed by atoms with Crippen LogP contribution in [-0.2, 0) is 6.61 Å². The molecule has 0 saturated heterocycles. The van der Waals surface area contributed by atoms with Crippen LogP contribution in [0.5, 0.6) is 5.75 Å². The molecule has 1 amide bonds. The maximum atomic E-state index is 13.6. The molecule has 0 aliphatic rings. The fourth-order valence-corrected chi connectivity index (χ4v) is 2.32. The number of halogens is 1. The van der Waals surface area contributed by atoms with E-state index in [1.165, 1.54) is 12.1 Å². The zero-order chi connectivity index (χ0) is 18.5. The van der Waals surface area contributed by atoms with E-state index in [2.05, 4.69) is 20.8 Å². The summed E-state index contributed by atoms with van der Waals surface area (Å²) >= 11 is 0. The highest BCUT2D eigenvalue weighted by molar-refractivity contribution is 6.04. The second-order valence-electron chi connectivity index (χ2n) is 5.88. The Balaban J connectivity index is 1.62. The summed E-state index contributed by atoms with van der Waals surface area (Å²) in [7, 11) is 0. The van der Waals surface area contributed by atoms with Crippen LogP contribution in [0, 0.1) is 5.82 Å². The lowest BCUT2D eigenvalue weighted by Crippen LogP contribution is -2.13. The average Bonchev–Trinajstić information content (AvgIpc) is 3.11. The van der Waals surface area contributed by atoms with Gasteiger partial charge in [0.1, 0.15) is 18.2 Å². The molecule has 0 saturated carbocycles. The van der Waals surface area contributed by atoms with Crippen LogP contribution in [0.1, 0.15) is 36.1 Å². The number of hydrogen-bond donors (Lipinski definition) is 1. The number of para-hydroxylation sites is 1. The van der Waals surface area contributed by atoms with Gasteiger partial charge >= 0.3 is 0 Å². The van der Waals surface area contributed by atoms with Gasteiger partial charge in [0.05, 0.1) is 11.7 Å². The largest absolute Gasteiger partial charge is 0.486 e. The molecule has 8 heteroatoms. The molecule has 0 radical (unpaired) electrons. The number of ether oxygens (including phenoxy) is 1. The van der Waals surface area contributed by atoms with E-state index in [0.29, 0.717) is 17.1 Å². The summed E-state index contributed by atoms with van der Waals surface area (Å²) in [5.74, 6) is 0.307. The number of benzene rings is 2. The SMILES string of the molecule is CC(C)n1nnnc1COc1ccc(C(=O)Nc2ccccc2F)cc1. The molecule has 0 spiro atoms. The Kier molecular flexibility index (Phi) is 5.21. The minimum Gasteiger partial charge on any atom is -0.486 e. The number of hydrogen-bond acceptors (Lipinski definition) is 5. The molecule has 1 N–H and O–H groups in total. The lowest BCUT2D eigenvalue weighted by atomic mass is 10.2. The van der Waals surface area contributed by atoms with Gasteiger partial charge in [0.2, 0.25) is 0 Å². The fraction of sp³-hybridized carbons (Fsp3) is 0.222. The van der Waals surface area contributed by atoms with E-state index < -0.39 is 11.7 Å². The molecule has 0 atom stereocenters. The fourth-order valence-electron chi connectivity index (χ4n) is 2.32. The molecule has 0 unspecified atom stereocenters. The number of amides is 1. The number of anilines is 1. The first-order valence-electron chi connectivity index (χ1n) is 8.10. The molecular formula is C18H18FN5O2. The van der Waals surface area contributed by atoms with Gasteiger partial charge in [-0.3, -0.25) is 4.79 Å². The maximum Gasteiger partial charge on any atom is 0.255 e. The average molecular weight is 355 g/mol. The van der Waals surface area contributed by atoms with E-state index in [4.69, 9.17) is 4.74 Å². The third-order valence-electron chi connectivity index (χ3n) is 3.66. The van der Waals surface area contributed by atoms with E-state index in [9.17, 15) is 9.18 Å². The summed E-state index contributed by atoms with van der Waals surface area (Å²) in [5, 5.41) is 14.0. The van der Waals surface area contributed by atoms with Gasteiger partial charge in [-0.1, -0.05) is 12.1 Å². The molecule has 0 aliphatic heterocycles. The molecule has 2 aromatic carbocycles. The van der Waals surface area contributed by atoms with Gasteiger partial charge in [0.15, 0.2) is 5.82 Å². The molecule has 1 heterocycles. The zero-order valence-electron chi connectivity index (χ0n) is 14.4. The van der Waals surface area contributed by atoms with Gasteiger partial charge in [-0.2, -0.15) is 0 Å². The van der Waals surface area contributed by atoms with Crippen molar-refractivity contribution >= 4 is 11.6 Å². The van der Waals surface area contributed by atoms with Crippen molar-refractivity contribution in [3.8, 4) is 5.75 Å². The Bertz CT molecular complexity index is 893. The van der Waals surface area contributed by atoms with Gasteiger partial charge in [0, 0.05) is 5.56 Å². The highest BCUT2D eigenvalue weighted by Gasteiger charge is 2.11. The lowest BCUT2D eigenvalue weighted by molar-refractivity contribution is 0.102. The van der Waals surface area contributed by atoms with Crippen LogP contribution < -0.4 is 10.1 Å². The molecule has 0 bridgehead atoms. The summed E-state index contributed by atoms with van der Waals surface area (Å²) < 4.78 is 20.9. The van der Waals surface area contributed by atoms with Crippen molar-refractivity contribution in [2.24, 2.45) is 0 Å². The van der Waals surface area contributed by atoms with E-state index in [1.54, 1.807) is 41.1 Å². The second-order valence-corrected chi connectivity index (χ2v) is 5.88. The Morgan fingerprint density at radius 2 is 1.92 bits per heavy atom. The topological polar surface area (TPSA) is 81.9 Å². The van der Waals surface area contributed by atoms with Crippen molar-refractivity contribution in [3.63, 3.8) is 0 Å². The molecule has 26 heavy (non-hydrogen) atoms. The van der Waals surface area contributed by atoms with Gasteiger partial charge in [-0.15, -0.1) is 5.10 Å². The first-order valence-corrected chi connectivity index (χ1v) is 8.10. The Labute approximate surface area is 149 Å². The van der Waals surface area contributed by atoms with Gasteiger partial charge in [-0.25, -0.2) is 9.07 Å². The predicted octanol–water partition coefficient (Wildman–Crippen LogP) is 3.22. The molecule has 3 rings (SSSR count). The highest BCUT2D eigenvalue weighted by atomic mass is 19.1. The Morgan fingerprint density at radius 1 is 1.19 bits per heavy atom. The van der Waals surface area contributed by atoms with Crippen molar-refractivity contribution in [1.82, 2.24) is 20.2 Å². The smallest absolute Gasteiger partial charge is 0.255 e. The normalized spacial score (nSPS) is 10.8. The molecule has 134 valence electrons. The number of rotatable bonds is 6. The standard InChI is InChI=1S/C18H18FN5O2/c1-12(2)24-17(21-22-23-24)11-26-14-9-7-13(8-10-14)18(25)20-16-6-4-3-5-15(16)19/h3-10,12H,11H2,1-2H3,(H,20,25). The molecule has 3 aromatic rings. The summed E-state index contributed by atoms with van der Waals surface area (Å²) in [6.07, 6.45) is 0. The Morgan fingerprint density at radius 3 is 2.62 bits per heavy atom. The molecule has 7 nitrogen and oxygen atoms in total. The first-order chi connectivity index (χ1) is 12.5. The van der Waals surface area contributed by atoms with Crippen molar-refractivity contribution < 1.29 is 13.9 Å². The van der Waals surface area contributed by atoms with Gasteiger partial charge in [-0.05, 0) is 60.7 Å². The number of nitrogens with one attached hydrogen (secondary N) is 1. The summed E-state index contributed by atoms with van der Waals surface area (Å²) in [6, 6.07) is 12.7. The van der Waals surface area contributed by atoms with Crippen molar-refractivity contribution in [2.75, 3.05) is 5.32 Å². The van der Waals surface area contributed by atoms with Gasteiger partial charge < -0.3 is 10.1 Å². The quantitative estimate of drug-likeness (QED) is 0.734. The summed E-state index contributed by atoms with van der Waals surface area (Å²) in [5.41, 5.74) is 0.533. The molecule has 0 fully saturated rings. The van der Waals surface area contributed by atoms with Crippen molar-refractivity contribution in [2.45, 2.75) is 26.5 Å².